The first-order chi connectivity index (χ1) is 12.5. The maximum absolute atomic E-state index is 12.5. The van der Waals surface area contributed by atoms with E-state index in [0.717, 1.165) is 5.56 Å². The van der Waals surface area contributed by atoms with Gasteiger partial charge in [0, 0.05) is 24.8 Å². The van der Waals surface area contributed by atoms with Crippen molar-refractivity contribution in [3.8, 4) is 0 Å². The minimum atomic E-state index is -3.54. The van der Waals surface area contributed by atoms with Gasteiger partial charge in [-0.2, -0.15) is 4.31 Å². The number of ketones is 1. The predicted octanol–water partition coefficient (Wildman–Crippen LogP) is 2.39. The molecule has 1 aromatic heterocycles. The maximum Gasteiger partial charge on any atom is 0.244 e. The van der Waals surface area contributed by atoms with E-state index >= 15 is 0 Å². The molecule has 2 heterocycles. The molecule has 1 aromatic carbocycles. The number of morpholine rings is 1. The molecule has 3 rings (SSSR count). The van der Waals surface area contributed by atoms with Crippen molar-refractivity contribution in [3.63, 3.8) is 0 Å². The molecule has 0 unspecified atom stereocenters. The van der Waals surface area contributed by atoms with E-state index in [4.69, 9.17) is 4.74 Å². The number of carbonyl (C=O) groups excluding carboxylic acids is 1. The van der Waals surface area contributed by atoms with E-state index < -0.39 is 10.0 Å². The molecule has 0 N–H and O–H groups in total. The van der Waals surface area contributed by atoms with Crippen LogP contribution in [0.15, 0.2) is 52.5 Å². The number of hydrogen-bond donors (Lipinski definition) is 0. The van der Waals surface area contributed by atoms with Gasteiger partial charge in [0.15, 0.2) is 5.78 Å². The number of benzene rings is 1. The number of sulfonamides is 1. The van der Waals surface area contributed by atoms with Crippen LogP contribution < -0.4 is 0 Å². The topological polar surface area (TPSA) is 76.6 Å². The van der Waals surface area contributed by atoms with Gasteiger partial charge in [0.05, 0.1) is 24.0 Å². The molecule has 6 nitrogen and oxygen atoms in total. The number of aryl methyl sites for hydroxylation is 1. The summed E-state index contributed by atoms with van der Waals surface area (Å²) in [5, 5.41) is 0.617. The third-order valence-corrected chi connectivity index (χ3v) is 6.87. The smallest absolute Gasteiger partial charge is 0.244 e. The summed E-state index contributed by atoms with van der Waals surface area (Å²) in [7, 11) is -3.54. The number of nitrogens with zero attached hydrogens (tertiary/aromatic N) is 2. The lowest BCUT2D eigenvalue weighted by Gasteiger charge is -2.25. The van der Waals surface area contributed by atoms with E-state index in [1.54, 1.807) is 6.07 Å². The van der Waals surface area contributed by atoms with E-state index in [2.05, 4.69) is 4.98 Å². The number of pyridine rings is 1. The van der Waals surface area contributed by atoms with Gasteiger partial charge in [-0.15, -0.1) is 0 Å². The van der Waals surface area contributed by atoms with E-state index in [1.807, 2.05) is 31.2 Å². The van der Waals surface area contributed by atoms with Crippen molar-refractivity contribution in [3.05, 3.63) is 53.7 Å². The average Bonchev–Trinajstić information content (AvgIpc) is 2.67. The van der Waals surface area contributed by atoms with Crippen LogP contribution in [0.25, 0.3) is 0 Å². The van der Waals surface area contributed by atoms with Crippen LogP contribution in [0.4, 0.5) is 0 Å². The molecule has 1 fully saturated rings. The lowest BCUT2D eigenvalue weighted by atomic mass is 10.1. The van der Waals surface area contributed by atoms with E-state index in [1.165, 1.54) is 28.3 Å². The van der Waals surface area contributed by atoms with Crippen LogP contribution in [-0.4, -0.2) is 55.5 Å². The van der Waals surface area contributed by atoms with E-state index in [-0.39, 0.29) is 16.4 Å². The zero-order valence-electron chi connectivity index (χ0n) is 14.4. The second-order valence-corrected chi connectivity index (χ2v) is 8.86. The predicted molar refractivity (Wildman–Crippen MR) is 100 cm³/mol. The molecule has 1 saturated heterocycles. The Morgan fingerprint density at radius 3 is 2.46 bits per heavy atom. The largest absolute Gasteiger partial charge is 0.379 e. The zero-order chi connectivity index (χ0) is 18.6. The van der Waals surface area contributed by atoms with E-state index in [9.17, 15) is 13.2 Å². The number of carbonyl (C=O) groups is 1. The number of ether oxygens (including phenoxy) is 1. The minimum absolute atomic E-state index is 0.0156. The fourth-order valence-corrected chi connectivity index (χ4v) is 4.59. The lowest BCUT2D eigenvalue weighted by molar-refractivity contribution is 0.0730. The van der Waals surface area contributed by atoms with Crippen LogP contribution in [0, 0.1) is 6.92 Å². The number of rotatable bonds is 6. The maximum atomic E-state index is 12.5. The second kappa shape index (κ2) is 8.30. The fraction of sp³-hybridized carbons (Fsp3) is 0.333. The van der Waals surface area contributed by atoms with Crippen molar-refractivity contribution < 1.29 is 17.9 Å². The molecule has 0 atom stereocenters. The SMILES string of the molecule is Cc1ccc(C(=O)CSc2ccc(S(=O)(=O)N3CCOCC3)cn2)cc1. The van der Waals surface area contributed by atoms with E-state index in [0.29, 0.717) is 36.9 Å². The Morgan fingerprint density at radius 1 is 1.15 bits per heavy atom. The molecule has 1 aliphatic heterocycles. The molecule has 138 valence electrons. The number of Topliss-reactive ketones (excluding diaryl/α,β-unsaturated/α-hetero) is 1. The third kappa shape index (κ3) is 4.50. The minimum Gasteiger partial charge on any atom is -0.379 e. The molecule has 0 amide bonds. The Hall–Kier alpha value is -1.74. The summed E-state index contributed by atoms with van der Waals surface area (Å²) in [6, 6.07) is 10.6. The Bertz CT molecular complexity index is 859. The Balaban J connectivity index is 1.62. The zero-order valence-corrected chi connectivity index (χ0v) is 16.1. The molecule has 1 aliphatic rings. The first kappa shape index (κ1) is 19.0. The fourth-order valence-electron chi connectivity index (χ4n) is 2.50. The molecule has 0 radical (unpaired) electrons. The highest BCUT2D eigenvalue weighted by molar-refractivity contribution is 7.99. The highest BCUT2D eigenvalue weighted by Gasteiger charge is 2.26. The van der Waals surface area contributed by atoms with Gasteiger partial charge in [-0.25, -0.2) is 13.4 Å². The summed E-state index contributed by atoms with van der Waals surface area (Å²) < 4.78 is 31.7. The lowest BCUT2D eigenvalue weighted by Crippen LogP contribution is -2.40. The molecule has 8 heteroatoms. The summed E-state index contributed by atoms with van der Waals surface area (Å²) in [5.74, 6) is 0.271. The monoisotopic (exact) mass is 392 g/mol. The van der Waals surface area contributed by atoms with Gasteiger partial charge in [-0.05, 0) is 19.1 Å². The Labute approximate surface area is 157 Å². The highest BCUT2D eigenvalue weighted by atomic mass is 32.2. The Morgan fingerprint density at radius 2 is 1.85 bits per heavy atom. The van der Waals surface area contributed by atoms with Gasteiger partial charge in [0.25, 0.3) is 0 Å². The van der Waals surface area contributed by atoms with Crippen LogP contribution in [-0.2, 0) is 14.8 Å². The average molecular weight is 393 g/mol. The van der Waals surface area contributed by atoms with Crippen molar-refractivity contribution >= 4 is 27.6 Å². The Kier molecular flexibility index (Phi) is 6.08. The third-order valence-electron chi connectivity index (χ3n) is 4.04. The van der Waals surface area contributed by atoms with Crippen LogP contribution in [0.3, 0.4) is 0 Å². The molecule has 26 heavy (non-hydrogen) atoms. The van der Waals surface area contributed by atoms with Gasteiger partial charge < -0.3 is 4.74 Å². The van der Waals surface area contributed by atoms with Crippen molar-refractivity contribution in [1.29, 1.82) is 0 Å². The van der Waals surface area contributed by atoms with Crippen molar-refractivity contribution in [1.82, 2.24) is 9.29 Å². The van der Waals surface area contributed by atoms with Gasteiger partial charge in [0.1, 0.15) is 4.90 Å². The molecule has 0 aliphatic carbocycles. The molecule has 0 bridgehead atoms. The van der Waals surface area contributed by atoms with Crippen molar-refractivity contribution in [2.45, 2.75) is 16.8 Å². The van der Waals surface area contributed by atoms with Gasteiger partial charge in [-0.3, -0.25) is 4.79 Å². The molecule has 0 saturated carbocycles. The van der Waals surface area contributed by atoms with Crippen LogP contribution in [0.1, 0.15) is 15.9 Å². The quantitative estimate of drug-likeness (QED) is 0.555. The van der Waals surface area contributed by atoms with Crippen molar-refractivity contribution in [2.75, 3.05) is 32.1 Å². The standard InChI is InChI=1S/C18H20N2O4S2/c1-14-2-4-15(5-3-14)17(21)13-25-18-7-6-16(12-19-18)26(22,23)20-8-10-24-11-9-20/h2-7,12H,8-11,13H2,1H3. The molecule has 0 spiro atoms. The van der Waals surface area contributed by atoms with Gasteiger partial charge >= 0.3 is 0 Å². The summed E-state index contributed by atoms with van der Waals surface area (Å²) in [6.45, 7) is 3.48. The summed E-state index contributed by atoms with van der Waals surface area (Å²) in [5.41, 5.74) is 1.77. The first-order valence-electron chi connectivity index (χ1n) is 8.23. The summed E-state index contributed by atoms with van der Waals surface area (Å²) >= 11 is 1.29. The normalized spacial score (nSPS) is 15.7. The second-order valence-electron chi connectivity index (χ2n) is 5.93. The number of aromatic nitrogens is 1. The summed E-state index contributed by atoms with van der Waals surface area (Å²) in [4.78, 5) is 16.6. The summed E-state index contributed by atoms with van der Waals surface area (Å²) in [6.07, 6.45) is 1.35. The highest BCUT2D eigenvalue weighted by Crippen LogP contribution is 2.21. The van der Waals surface area contributed by atoms with Gasteiger partial charge in [0.2, 0.25) is 10.0 Å². The molecular formula is C18H20N2O4S2. The van der Waals surface area contributed by atoms with Crippen LogP contribution in [0.2, 0.25) is 0 Å². The number of hydrogen-bond acceptors (Lipinski definition) is 6. The van der Waals surface area contributed by atoms with Crippen molar-refractivity contribution in [2.24, 2.45) is 0 Å². The first-order valence-corrected chi connectivity index (χ1v) is 10.7. The van der Waals surface area contributed by atoms with Crippen LogP contribution in [0.5, 0.6) is 0 Å². The molecule has 2 aromatic rings. The molecular weight excluding hydrogens is 372 g/mol. The number of thioether (sulfide) groups is 1. The van der Waals surface area contributed by atoms with Crippen LogP contribution >= 0.6 is 11.8 Å². The van der Waals surface area contributed by atoms with Gasteiger partial charge in [-0.1, -0.05) is 41.6 Å².